The van der Waals surface area contributed by atoms with Crippen LogP contribution in [0.15, 0.2) is 247 Å². The van der Waals surface area contributed by atoms with Crippen LogP contribution < -0.4 is 9.80 Å². The first-order chi connectivity index (χ1) is 30.3. The van der Waals surface area contributed by atoms with Crippen LogP contribution in [0, 0.1) is 0 Å². The molecule has 0 saturated carbocycles. The SMILES string of the molecule is c1ccc(-c2cccc3c2oc2c(N(c4ccccc4)c4ccc(-c5ccc(N(c6ccccc6)c6ccc(-c7cccc8ccccc78)cc6)cc5)cc4)cccc23)cc1. The average Bonchev–Trinajstić information content (AvgIpc) is 3.73. The van der Waals surface area contributed by atoms with Gasteiger partial charge in [0.1, 0.15) is 5.58 Å². The van der Waals surface area contributed by atoms with E-state index < -0.39 is 0 Å². The lowest BCUT2D eigenvalue weighted by molar-refractivity contribution is 0.670. The third-order valence-electron chi connectivity index (χ3n) is 11.7. The molecule has 10 aromatic carbocycles. The Bertz CT molecular complexity index is 3260. The Balaban J connectivity index is 0.929. The topological polar surface area (TPSA) is 19.6 Å². The van der Waals surface area contributed by atoms with Gasteiger partial charge in [-0.05, 0) is 105 Å². The molecule has 3 heteroatoms. The molecule has 3 nitrogen and oxygen atoms in total. The van der Waals surface area contributed by atoms with E-state index in [0.29, 0.717) is 0 Å². The second-order valence-electron chi connectivity index (χ2n) is 15.3. The second kappa shape index (κ2) is 15.6. The number of fused-ring (bicyclic) bond motifs is 4. The maximum absolute atomic E-state index is 6.88. The molecule has 0 saturated heterocycles. The minimum Gasteiger partial charge on any atom is -0.453 e. The number of anilines is 6. The summed E-state index contributed by atoms with van der Waals surface area (Å²) in [6.45, 7) is 0. The van der Waals surface area contributed by atoms with Gasteiger partial charge in [0.05, 0.1) is 5.69 Å². The Morgan fingerprint density at radius 2 is 0.656 bits per heavy atom. The van der Waals surface area contributed by atoms with Crippen LogP contribution in [0.2, 0.25) is 0 Å². The number of hydrogen-bond acceptors (Lipinski definition) is 3. The van der Waals surface area contributed by atoms with E-state index in [1.54, 1.807) is 0 Å². The third-order valence-corrected chi connectivity index (χ3v) is 11.7. The summed E-state index contributed by atoms with van der Waals surface area (Å²) in [7, 11) is 0. The van der Waals surface area contributed by atoms with Crippen molar-refractivity contribution in [2.24, 2.45) is 0 Å². The van der Waals surface area contributed by atoms with Crippen molar-refractivity contribution in [2.45, 2.75) is 0 Å². The molecule has 0 spiro atoms. The van der Waals surface area contributed by atoms with Crippen molar-refractivity contribution in [1.82, 2.24) is 0 Å². The first-order valence-corrected chi connectivity index (χ1v) is 20.8. The highest BCUT2D eigenvalue weighted by molar-refractivity contribution is 6.13. The van der Waals surface area contributed by atoms with Crippen molar-refractivity contribution in [2.75, 3.05) is 9.80 Å². The molecule has 0 radical (unpaired) electrons. The zero-order valence-corrected chi connectivity index (χ0v) is 33.4. The second-order valence-corrected chi connectivity index (χ2v) is 15.3. The molecule has 11 rings (SSSR count). The van der Waals surface area contributed by atoms with Gasteiger partial charge in [0.15, 0.2) is 5.58 Å². The molecule has 61 heavy (non-hydrogen) atoms. The van der Waals surface area contributed by atoms with Crippen LogP contribution in [-0.4, -0.2) is 0 Å². The summed E-state index contributed by atoms with van der Waals surface area (Å²) >= 11 is 0. The fourth-order valence-corrected chi connectivity index (χ4v) is 8.73. The maximum Gasteiger partial charge on any atom is 0.159 e. The summed E-state index contributed by atoms with van der Waals surface area (Å²) < 4.78 is 6.88. The predicted molar refractivity (Wildman–Crippen MR) is 257 cm³/mol. The molecule has 0 fully saturated rings. The van der Waals surface area contributed by atoms with Gasteiger partial charge in [0.2, 0.25) is 0 Å². The minimum absolute atomic E-state index is 0.857. The Hall–Kier alpha value is -8.14. The molecule has 1 heterocycles. The van der Waals surface area contributed by atoms with Crippen molar-refractivity contribution >= 4 is 66.8 Å². The van der Waals surface area contributed by atoms with Gasteiger partial charge in [0.25, 0.3) is 0 Å². The molecule has 1 aromatic heterocycles. The molecule has 0 aliphatic heterocycles. The molecule has 288 valence electrons. The third kappa shape index (κ3) is 6.69. The monoisotopic (exact) mass is 780 g/mol. The minimum atomic E-state index is 0.857. The molecule has 0 bridgehead atoms. The molecule has 11 aromatic rings. The maximum atomic E-state index is 6.88. The smallest absolute Gasteiger partial charge is 0.159 e. The average molecular weight is 781 g/mol. The molecule has 0 aliphatic rings. The lowest BCUT2D eigenvalue weighted by Gasteiger charge is -2.26. The Labute approximate surface area is 355 Å². The van der Waals surface area contributed by atoms with Gasteiger partial charge < -0.3 is 14.2 Å². The quantitative estimate of drug-likeness (QED) is 0.145. The van der Waals surface area contributed by atoms with Crippen LogP contribution in [0.3, 0.4) is 0 Å². The molecule has 0 aliphatic carbocycles. The van der Waals surface area contributed by atoms with E-state index in [0.717, 1.165) is 78.3 Å². The van der Waals surface area contributed by atoms with Gasteiger partial charge >= 0.3 is 0 Å². The number of benzene rings is 10. The summed E-state index contributed by atoms with van der Waals surface area (Å²) in [4.78, 5) is 4.61. The Morgan fingerprint density at radius 1 is 0.246 bits per heavy atom. The van der Waals surface area contributed by atoms with Crippen molar-refractivity contribution in [3.63, 3.8) is 0 Å². The zero-order chi connectivity index (χ0) is 40.5. The van der Waals surface area contributed by atoms with E-state index in [9.17, 15) is 0 Å². The van der Waals surface area contributed by atoms with Crippen LogP contribution in [0.4, 0.5) is 34.1 Å². The van der Waals surface area contributed by atoms with Crippen LogP contribution >= 0.6 is 0 Å². The molecular formula is C58H40N2O. The number of hydrogen-bond donors (Lipinski definition) is 0. The van der Waals surface area contributed by atoms with Crippen molar-refractivity contribution in [3.05, 3.63) is 243 Å². The molecular weight excluding hydrogens is 741 g/mol. The fourth-order valence-electron chi connectivity index (χ4n) is 8.73. The van der Waals surface area contributed by atoms with Gasteiger partial charge in [-0.15, -0.1) is 0 Å². The highest BCUT2D eigenvalue weighted by atomic mass is 16.3. The van der Waals surface area contributed by atoms with E-state index in [1.807, 2.05) is 6.07 Å². The number of para-hydroxylation sites is 4. The van der Waals surface area contributed by atoms with Gasteiger partial charge in [-0.1, -0.05) is 176 Å². The van der Waals surface area contributed by atoms with Crippen molar-refractivity contribution < 1.29 is 4.42 Å². The van der Waals surface area contributed by atoms with Crippen LogP contribution in [-0.2, 0) is 0 Å². The van der Waals surface area contributed by atoms with Crippen LogP contribution in [0.25, 0.3) is 66.1 Å². The summed E-state index contributed by atoms with van der Waals surface area (Å²) in [6, 6.07) is 86.2. The first kappa shape index (κ1) is 36.0. The molecule has 0 atom stereocenters. The van der Waals surface area contributed by atoms with Crippen LogP contribution in [0.5, 0.6) is 0 Å². The van der Waals surface area contributed by atoms with Gasteiger partial charge in [-0.3, -0.25) is 0 Å². The van der Waals surface area contributed by atoms with Gasteiger partial charge in [-0.25, -0.2) is 0 Å². The normalized spacial score (nSPS) is 11.3. The van der Waals surface area contributed by atoms with E-state index in [-0.39, 0.29) is 0 Å². The standard InChI is InChI=1S/C58H40N2O/c1-4-15-44(16-5-1)53-25-13-26-54-55-27-14-28-56(58(55)61-57(53)54)60(47-21-8-3-9-22-47)50-37-31-42(32-38-50)41-29-35-48(36-30-41)59(46-19-6-2-7-20-46)49-39-33-45(34-40-49)52-24-12-18-43-17-10-11-23-51(43)52/h1-40H. The lowest BCUT2D eigenvalue weighted by Crippen LogP contribution is -2.10. The summed E-state index contributed by atoms with van der Waals surface area (Å²) in [5, 5.41) is 4.70. The summed E-state index contributed by atoms with van der Waals surface area (Å²) in [5.74, 6) is 0. The van der Waals surface area contributed by atoms with Crippen molar-refractivity contribution in [1.29, 1.82) is 0 Å². The molecule has 0 unspecified atom stereocenters. The predicted octanol–water partition coefficient (Wildman–Crippen LogP) is 16.7. The van der Waals surface area contributed by atoms with Crippen LogP contribution in [0.1, 0.15) is 0 Å². The Kier molecular flexibility index (Phi) is 9.18. The molecule has 0 amide bonds. The zero-order valence-electron chi connectivity index (χ0n) is 33.4. The largest absolute Gasteiger partial charge is 0.453 e. The number of nitrogens with zero attached hydrogens (tertiary/aromatic N) is 2. The number of furan rings is 1. The Morgan fingerprint density at radius 3 is 1.30 bits per heavy atom. The highest BCUT2D eigenvalue weighted by Crippen LogP contribution is 2.45. The van der Waals surface area contributed by atoms with E-state index >= 15 is 0 Å². The van der Waals surface area contributed by atoms with E-state index in [4.69, 9.17) is 4.42 Å². The van der Waals surface area contributed by atoms with Gasteiger partial charge in [-0.2, -0.15) is 0 Å². The van der Waals surface area contributed by atoms with Crippen molar-refractivity contribution in [3.8, 4) is 33.4 Å². The fraction of sp³-hybridized carbons (Fsp3) is 0. The first-order valence-electron chi connectivity index (χ1n) is 20.8. The lowest BCUT2D eigenvalue weighted by atomic mass is 9.98. The van der Waals surface area contributed by atoms with E-state index in [1.165, 1.54) is 21.9 Å². The molecule has 0 N–H and O–H groups in total. The summed E-state index contributed by atoms with van der Waals surface area (Å²) in [5.41, 5.74) is 15.1. The summed E-state index contributed by atoms with van der Waals surface area (Å²) in [6.07, 6.45) is 0. The van der Waals surface area contributed by atoms with E-state index in [2.05, 4.69) is 246 Å². The number of rotatable bonds is 9. The highest BCUT2D eigenvalue weighted by Gasteiger charge is 2.21. The van der Waals surface area contributed by atoms with Gasteiger partial charge in [0, 0.05) is 44.8 Å².